The summed E-state index contributed by atoms with van der Waals surface area (Å²) in [7, 11) is 0. The molecule has 0 radical (unpaired) electrons. The molecular formula is C24H19BrCl2F6N2O2. The highest BCUT2D eigenvalue weighted by atomic mass is 79.9. The summed E-state index contributed by atoms with van der Waals surface area (Å²) in [6.07, 6.45) is -6.68. The zero-order valence-corrected chi connectivity index (χ0v) is 22.1. The number of amides is 2. The van der Waals surface area contributed by atoms with Gasteiger partial charge in [0.1, 0.15) is 12.1 Å². The van der Waals surface area contributed by atoms with E-state index in [-0.39, 0.29) is 38.5 Å². The van der Waals surface area contributed by atoms with Crippen LogP contribution in [0.4, 0.5) is 26.3 Å². The molecule has 2 amide bonds. The van der Waals surface area contributed by atoms with E-state index in [4.69, 9.17) is 23.2 Å². The van der Waals surface area contributed by atoms with Gasteiger partial charge in [0, 0.05) is 4.47 Å². The minimum Gasteiger partial charge on any atom is -0.345 e. The lowest BCUT2D eigenvalue weighted by Crippen LogP contribution is -2.50. The standard InChI is InChI=1S/C24H19BrCl2F6N2O2/c1-12-8-14(10-18(26)19(12)27)16(24(31,32)33)5-3-13-2-4-15(17(25)9-13)20(36)35-22(6-7-22)21(37)34-11-23(28,29)30/h2-5,8-10,16H,6-7,11H2,1H3,(H,34,37)(H,35,36)/b5-3+. The fraction of sp³-hybridized carbons (Fsp3) is 0.333. The Morgan fingerprint density at radius 1 is 1.11 bits per heavy atom. The molecule has 2 aromatic rings. The third-order valence-corrected chi connectivity index (χ3v) is 7.20. The van der Waals surface area contributed by atoms with Gasteiger partial charge in [-0.1, -0.05) is 47.5 Å². The van der Waals surface area contributed by atoms with Gasteiger partial charge in [-0.25, -0.2) is 0 Å². The molecule has 1 unspecified atom stereocenters. The average molecular weight is 632 g/mol. The average Bonchev–Trinajstić information content (AvgIpc) is 3.55. The lowest BCUT2D eigenvalue weighted by molar-refractivity contribution is -0.140. The second-order valence-corrected chi connectivity index (χ2v) is 10.2. The number of aryl methyl sites for hydroxylation is 1. The second kappa shape index (κ2) is 10.9. The Labute approximate surface area is 226 Å². The molecule has 2 N–H and O–H groups in total. The number of halogens is 9. The Hall–Kier alpha value is -2.24. The first-order valence-electron chi connectivity index (χ1n) is 10.7. The van der Waals surface area contributed by atoms with Crippen molar-refractivity contribution in [1.29, 1.82) is 0 Å². The van der Waals surface area contributed by atoms with Crippen molar-refractivity contribution >= 4 is 57.0 Å². The Bertz CT molecular complexity index is 1220. The first-order valence-corrected chi connectivity index (χ1v) is 12.2. The van der Waals surface area contributed by atoms with E-state index in [1.54, 1.807) is 12.2 Å². The predicted molar refractivity (Wildman–Crippen MR) is 132 cm³/mol. The molecule has 1 atom stereocenters. The smallest absolute Gasteiger partial charge is 0.345 e. The maximum Gasteiger partial charge on any atom is 0.405 e. The van der Waals surface area contributed by atoms with E-state index >= 15 is 0 Å². The van der Waals surface area contributed by atoms with E-state index in [1.165, 1.54) is 30.3 Å². The normalized spacial score (nSPS) is 15.9. The van der Waals surface area contributed by atoms with Crippen molar-refractivity contribution in [3.8, 4) is 0 Å². The van der Waals surface area contributed by atoms with Gasteiger partial charge in [0.05, 0.1) is 21.5 Å². The summed E-state index contributed by atoms with van der Waals surface area (Å²) in [6.45, 7) is 0.0242. The van der Waals surface area contributed by atoms with Crippen LogP contribution in [0, 0.1) is 6.92 Å². The number of carbonyl (C=O) groups is 2. The molecule has 1 saturated carbocycles. The zero-order chi connectivity index (χ0) is 27.8. The number of rotatable bonds is 7. The summed E-state index contributed by atoms with van der Waals surface area (Å²) in [4.78, 5) is 24.8. The Morgan fingerprint density at radius 2 is 1.76 bits per heavy atom. The molecule has 1 fully saturated rings. The summed E-state index contributed by atoms with van der Waals surface area (Å²) < 4.78 is 78.7. The van der Waals surface area contributed by atoms with Gasteiger partial charge in [-0.05, 0) is 70.6 Å². The number of hydrogen-bond acceptors (Lipinski definition) is 2. The van der Waals surface area contributed by atoms with Crippen LogP contribution in [0.25, 0.3) is 6.08 Å². The number of carbonyl (C=O) groups excluding carboxylic acids is 2. The highest BCUT2D eigenvalue weighted by Crippen LogP contribution is 2.40. The minimum absolute atomic E-state index is 0.00190. The van der Waals surface area contributed by atoms with Crippen LogP contribution in [-0.4, -0.2) is 36.3 Å². The van der Waals surface area contributed by atoms with Crippen LogP contribution in [0.2, 0.25) is 10.0 Å². The highest BCUT2D eigenvalue weighted by molar-refractivity contribution is 9.10. The van der Waals surface area contributed by atoms with Crippen LogP contribution in [-0.2, 0) is 4.79 Å². The molecular weight excluding hydrogens is 613 g/mol. The van der Waals surface area contributed by atoms with Gasteiger partial charge in [-0.15, -0.1) is 0 Å². The van der Waals surface area contributed by atoms with Crippen molar-refractivity contribution < 1.29 is 35.9 Å². The van der Waals surface area contributed by atoms with E-state index in [2.05, 4.69) is 21.2 Å². The molecule has 37 heavy (non-hydrogen) atoms. The van der Waals surface area contributed by atoms with Crippen LogP contribution in [0.5, 0.6) is 0 Å². The van der Waals surface area contributed by atoms with Crippen molar-refractivity contribution in [2.45, 2.75) is 43.6 Å². The molecule has 200 valence electrons. The van der Waals surface area contributed by atoms with Gasteiger partial charge >= 0.3 is 12.4 Å². The van der Waals surface area contributed by atoms with E-state index in [9.17, 15) is 35.9 Å². The summed E-state index contributed by atoms with van der Waals surface area (Å²) in [5.41, 5.74) is -0.745. The van der Waals surface area contributed by atoms with Crippen molar-refractivity contribution in [2.75, 3.05) is 6.54 Å². The fourth-order valence-corrected chi connectivity index (χ4v) is 4.50. The van der Waals surface area contributed by atoms with Crippen LogP contribution in [0.3, 0.4) is 0 Å². The van der Waals surface area contributed by atoms with E-state index in [0.717, 1.165) is 12.1 Å². The molecule has 0 heterocycles. The van der Waals surface area contributed by atoms with Crippen LogP contribution in [0.1, 0.15) is 45.8 Å². The lowest BCUT2D eigenvalue weighted by Gasteiger charge is -2.19. The number of allylic oxidation sites excluding steroid dienone is 1. The van der Waals surface area contributed by atoms with Gasteiger partial charge < -0.3 is 10.6 Å². The SMILES string of the molecule is Cc1cc(C(/C=C/c2ccc(C(=O)NC3(C(=O)NCC(F)(F)F)CC3)c(Br)c2)C(F)(F)F)cc(Cl)c1Cl. The molecule has 0 aliphatic heterocycles. The first kappa shape index (κ1) is 29.3. The van der Waals surface area contributed by atoms with E-state index in [1.807, 2.05) is 0 Å². The molecule has 0 spiro atoms. The number of benzene rings is 2. The van der Waals surface area contributed by atoms with Gasteiger partial charge in [0.15, 0.2) is 0 Å². The number of nitrogens with one attached hydrogen (secondary N) is 2. The zero-order valence-electron chi connectivity index (χ0n) is 19.0. The summed E-state index contributed by atoms with van der Waals surface area (Å²) in [5, 5.41) is 4.37. The molecule has 1 aliphatic carbocycles. The molecule has 0 bridgehead atoms. The lowest BCUT2D eigenvalue weighted by atomic mass is 9.95. The Morgan fingerprint density at radius 3 is 2.27 bits per heavy atom. The molecule has 3 rings (SSSR count). The van der Waals surface area contributed by atoms with Crippen molar-refractivity contribution in [2.24, 2.45) is 0 Å². The molecule has 0 saturated heterocycles. The quantitative estimate of drug-likeness (QED) is 0.314. The molecule has 2 aromatic carbocycles. The highest BCUT2D eigenvalue weighted by Gasteiger charge is 2.52. The van der Waals surface area contributed by atoms with Gasteiger partial charge in [0.2, 0.25) is 5.91 Å². The van der Waals surface area contributed by atoms with Crippen molar-refractivity contribution in [3.05, 3.63) is 73.2 Å². The molecule has 4 nitrogen and oxygen atoms in total. The Balaban J connectivity index is 1.76. The predicted octanol–water partition coefficient (Wildman–Crippen LogP) is 7.36. The monoisotopic (exact) mass is 630 g/mol. The van der Waals surface area contributed by atoms with Crippen LogP contribution >= 0.6 is 39.1 Å². The number of alkyl halides is 6. The molecule has 0 aromatic heterocycles. The first-order chi connectivity index (χ1) is 17.0. The van der Waals surface area contributed by atoms with Crippen molar-refractivity contribution in [1.82, 2.24) is 10.6 Å². The third-order valence-electron chi connectivity index (χ3n) is 5.65. The Kier molecular flexibility index (Phi) is 8.61. The molecule has 1 aliphatic rings. The van der Waals surface area contributed by atoms with Crippen LogP contribution < -0.4 is 10.6 Å². The second-order valence-electron chi connectivity index (χ2n) is 8.59. The number of hydrogen-bond donors (Lipinski definition) is 2. The topological polar surface area (TPSA) is 58.2 Å². The minimum atomic E-state index is -4.62. The maximum absolute atomic E-state index is 13.8. The van der Waals surface area contributed by atoms with E-state index < -0.39 is 42.2 Å². The van der Waals surface area contributed by atoms with Crippen molar-refractivity contribution in [3.63, 3.8) is 0 Å². The molecule has 13 heteroatoms. The van der Waals surface area contributed by atoms with Gasteiger partial charge in [0.25, 0.3) is 5.91 Å². The summed E-state index contributed by atoms with van der Waals surface area (Å²) >= 11 is 15.1. The van der Waals surface area contributed by atoms with Gasteiger partial charge in [-0.3, -0.25) is 9.59 Å². The third kappa shape index (κ3) is 7.42. The maximum atomic E-state index is 13.8. The van der Waals surface area contributed by atoms with E-state index in [0.29, 0.717) is 11.1 Å². The largest absolute Gasteiger partial charge is 0.405 e. The summed E-state index contributed by atoms with van der Waals surface area (Å²) in [5.74, 6) is -3.64. The van der Waals surface area contributed by atoms with Gasteiger partial charge in [-0.2, -0.15) is 26.3 Å². The fourth-order valence-electron chi connectivity index (χ4n) is 3.54. The van der Waals surface area contributed by atoms with Crippen LogP contribution in [0.15, 0.2) is 40.9 Å². The summed E-state index contributed by atoms with van der Waals surface area (Å²) in [6, 6.07) is 6.59.